The first kappa shape index (κ1) is 16.8. The number of thiophene rings is 1. The Bertz CT molecular complexity index is 786. The molecule has 23 heavy (non-hydrogen) atoms. The van der Waals surface area contributed by atoms with Gasteiger partial charge in [-0.25, -0.2) is 13.1 Å². The highest BCUT2D eigenvalue weighted by Gasteiger charge is 2.17. The molecule has 0 saturated carbocycles. The van der Waals surface area contributed by atoms with Crippen LogP contribution in [0.3, 0.4) is 0 Å². The molecular formula is C16H18ClNO3S2. The van der Waals surface area contributed by atoms with E-state index in [-0.39, 0.29) is 10.8 Å². The molecule has 1 N–H and O–H groups in total. The van der Waals surface area contributed by atoms with Crippen LogP contribution in [-0.2, 0) is 22.9 Å². The molecule has 2 aromatic rings. The first-order valence-corrected chi connectivity index (χ1v) is 10.2. The van der Waals surface area contributed by atoms with Crippen LogP contribution in [-0.4, -0.2) is 21.6 Å². The quantitative estimate of drug-likeness (QED) is 0.789. The summed E-state index contributed by atoms with van der Waals surface area (Å²) in [6, 6.07) is 9.18. The first-order chi connectivity index (χ1) is 11.1. The van der Waals surface area contributed by atoms with E-state index in [1.54, 1.807) is 6.07 Å². The van der Waals surface area contributed by atoms with Crippen molar-refractivity contribution in [1.29, 1.82) is 0 Å². The maximum Gasteiger partial charge on any atom is 0.250 e. The Balaban J connectivity index is 1.56. The van der Waals surface area contributed by atoms with Crippen molar-refractivity contribution in [1.82, 2.24) is 4.72 Å². The lowest BCUT2D eigenvalue weighted by molar-refractivity contribution is 0.318. The van der Waals surface area contributed by atoms with Gasteiger partial charge < -0.3 is 4.74 Å². The molecule has 1 aliphatic carbocycles. The number of rotatable bonds is 6. The molecule has 0 unspecified atom stereocenters. The van der Waals surface area contributed by atoms with Gasteiger partial charge in [0.1, 0.15) is 16.6 Å². The van der Waals surface area contributed by atoms with Gasteiger partial charge in [-0.3, -0.25) is 0 Å². The molecule has 3 rings (SSSR count). The smallest absolute Gasteiger partial charge is 0.250 e. The molecule has 1 aliphatic rings. The summed E-state index contributed by atoms with van der Waals surface area (Å²) in [6.07, 6.45) is 4.53. The van der Waals surface area contributed by atoms with E-state index in [2.05, 4.69) is 10.8 Å². The summed E-state index contributed by atoms with van der Waals surface area (Å²) >= 11 is 6.82. The topological polar surface area (TPSA) is 55.4 Å². The Kier molecular flexibility index (Phi) is 5.26. The van der Waals surface area contributed by atoms with Crippen LogP contribution in [0.4, 0.5) is 0 Å². The number of halogens is 1. The van der Waals surface area contributed by atoms with Crippen molar-refractivity contribution in [2.75, 3.05) is 13.2 Å². The van der Waals surface area contributed by atoms with Gasteiger partial charge in [0.05, 0.1) is 4.34 Å². The van der Waals surface area contributed by atoms with Crippen molar-refractivity contribution in [2.24, 2.45) is 0 Å². The molecule has 4 nitrogen and oxygen atoms in total. The summed E-state index contributed by atoms with van der Waals surface area (Å²) in [7, 11) is -3.51. The number of benzene rings is 1. The number of fused-ring (bicyclic) bond motifs is 1. The van der Waals surface area contributed by atoms with Gasteiger partial charge in [0, 0.05) is 6.54 Å². The minimum Gasteiger partial charge on any atom is -0.492 e. The van der Waals surface area contributed by atoms with Crippen molar-refractivity contribution in [2.45, 2.75) is 29.9 Å². The molecule has 0 fully saturated rings. The maximum atomic E-state index is 12.1. The molecule has 1 aromatic carbocycles. The Labute approximate surface area is 145 Å². The second-order valence-corrected chi connectivity index (χ2v) is 9.11. The average molecular weight is 372 g/mol. The Morgan fingerprint density at radius 1 is 1.17 bits per heavy atom. The number of ether oxygens (including phenoxy) is 1. The molecule has 0 aliphatic heterocycles. The fraction of sp³-hybridized carbons (Fsp3) is 0.375. The van der Waals surface area contributed by atoms with Crippen molar-refractivity contribution in [3.8, 4) is 5.75 Å². The van der Waals surface area contributed by atoms with Crippen LogP contribution >= 0.6 is 22.9 Å². The minimum absolute atomic E-state index is 0.222. The first-order valence-electron chi connectivity index (χ1n) is 7.55. The van der Waals surface area contributed by atoms with Gasteiger partial charge in [0.25, 0.3) is 0 Å². The predicted molar refractivity (Wildman–Crippen MR) is 93.1 cm³/mol. The maximum absolute atomic E-state index is 12.1. The lowest BCUT2D eigenvalue weighted by atomic mass is 9.91. The van der Waals surface area contributed by atoms with Gasteiger partial charge in [-0.2, -0.15) is 0 Å². The zero-order chi connectivity index (χ0) is 16.3. The summed E-state index contributed by atoms with van der Waals surface area (Å²) in [4.78, 5) is 0. The third-order valence-corrected chi connectivity index (χ3v) is 7.00. The zero-order valence-electron chi connectivity index (χ0n) is 12.5. The van der Waals surface area contributed by atoms with Gasteiger partial charge in [-0.05, 0) is 55.0 Å². The van der Waals surface area contributed by atoms with E-state index in [1.807, 2.05) is 12.1 Å². The molecule has 124 valence electrons. The van der Waals surface area contributed by atoms with E-state index in [4.69, 9.17) is 16.3 Å². The van der Waals surface area contributed by atoms with Gasteiger partial charge in [-0.1, -0.05) is 23.7 Å². The summed E-state index contributed by atoms with van der Waals surface area (Å²) in [5, 5.41) is 0. The third-order valence-electron chi connectivity index (χ3n) is 3.82. The van der Waals surface area contributed by atoms with Crippen LogP contribution in [0.5, 0.6) is 5.75 Å². The molecule has 0 bridgehead atoms. The van der Waals surface area contributed by atoms with Crippen LogP contribution in [0.2, 0.25) is 4.34 Å². The van der Waals surface area contributed by atoms with Gasteiger partial charge in [-0.15, -0.1) is 11.3 Å². The second-order valence-electron chi connectivity index (χ2n) is 5.41. The van der Waals surface area contributed by atoms with Crippen molar-refractivity contribution in [3.05, 3.63) is 45.8 Å². The fourth-order valence-electron chi connectivity index (χ4n) is 2.73. The summed E-state index contributed by atoms with van der Waals surface area (Å²) < 4.78 is 33.2. The van der Waals surface area contributed by atoms with Crippen molar-refractivity contribution >= 4 is 33.0 Å². The normalized spacial score (nSPS) is 14.5. The highest BCUT2D eigenvalue weighted by Crippen LogP contribution is 2.29. The molecule has 1 heterocycles. The third kappa shape index (κ3) is 4.07. The van der Waals surface area contributed by atoms with Crippen LogP contribution < -0.4 is 9.46 Å². The molecule has 0 saturated heterocycles. The van der Waals surface area contributed by atoms with Crippen LogP contribution in [0, 0.1) is 0 Å². The number of aryl methyl sites for hydroxylation is 1. The van der Waals surface area contributed by atoms with Gasteiger partial charge in [0.15, 0.2) is 0 Å². The highest BCUT2D eigenvalue weighted by atomic mass is 35.5. The number of nitrogens with one attached hydrogen (secondary N) is 1. The highest BCUT2D eigenvalue weighted by molar-refractivity contribution is 7.91. The number of hydrogen-bond acceptors (Lipinski definition) is 4. The summed E-state index contributed by atoms with van der Waals surface area (Å²) in [6.45, 7) is 0.524. The Hall–Kier alpha value is -1.08. The van der Waals surface area contributed by atoms with Gasteiger partial charge >= 0.3 is 0 Å². The van der Waals surface area contributed by atoms with E-state index >= 15 is 0 Å². The van der Waals surface area contributed by atoms with E-state index in [9.17, 15) is 8.42 Å². The monoisotopic (exact) mass is 371 g/mol. The van der Waals surface area contributed by atoms with Crippen LogP contribution in [0.25, 0.3) is 0 Å². The Morgan fingerprint density at radius 2 is 2.00 bits per heavy atom. The van der Waals surface area contributed by atoms with E-state index < -0.39 is 10.0 Å². The lowest BCUT2D eigenvalue weighted by Crippen LogP contribution is -2.27. The largest absolute Gasteiger partial charge is 0.492 e. The fourth-order valence-corrected chi connectivity index (χ4v) is 5.27. The average Bonchev–Trinajstić information content (AvgIpc) is 2.99. The predicted octanol–water partition coefficient (Wildman–Crippen LogP) is 3.64. The second kappa shape index (κ2) is 7.21. The number of hydrogen-bond donors (Lipinski definition) is 1. The molecule has 7 heteroatoms. The summed E-state index contributed by atoms with van der Waals surface area (Å²) in [5.41, 5.74) is 2.62. The SMILES string of the molecule is O=S(=O)(NCCOc1cccc2c1CCCC2)c1ccc(Cl)s1. The molecule has 0 radical (unpaired) electrons. The standard InChI is InChI=1S/C16H18ClNO3S2/c17-15-8-9-16(22-15)23(19,20)18-10-11-21-14-7-3-5-12-4-1-2-6-13(12)14/h3,5,7-9,18H,1-2,4,6,10-11H2. The summed E-state index contributed by atoms with van der Waals surface area (Å²) in [5.74, 6) is 0.876. The van der Waals surface area contributed by atoms with E-state index in [1.165, 1.54) is 30.0 Å². The molecule has 0 spiro atoms. The van der Waals surface area contributed by atoms with Crippen molar-refractivity contribution in [3.63, 3.8) is 0 Å². The lowest BCUT2D eigenvalue weighted by Gasteiger charge is -2.19. The van der Waals surface area contributed by atoms with Gasteiger partial charge in [0.2, 0.25) is 10.0 Å². The molecular weight excluding hydrogens is 354 g/mol. The van der Waals surface area contributed by atoms with Crippen LogP contribution in [0.15, 0.2) is 34.5 Å². The van der Waals surface area contributed by atoms with E-state index in [0.29, 0.717) is 10.9 Å². The molecule has 0 amide bonds. The van der Waals surface area contributed by atoms with Crippen molar-refractivity contribution < 1.29 is 13.2 Å². The van der Waals surface area contributed by atoms with E-state index in [0.717, 1.165) is 29.9 Å². The molecule has 0 atom stereocenters. The van der Waals surface area contributed by atoms with Crippen LogP contribution in [0.1, 0.15) is 24.0 Å². The number of sulfonamides is 1. The Morgan fingerprint density at radius 3 is 2.78 bits per heavy atom. The zero-order valence-corrected chi connectivity index (χ0v) is 14.9. The minimum atomic E-state index is -3.51. The molecule has 1 aromatic heterocycles.